The summed E-state index contributed by atoms with van der Waals surface area (Å²) in [6.07, 6.45) is 3.71. The van der Waals surface area contributed by atoms with Crippen molar-refractivity contribution in [2.24, 2.45) is 5.92 Å². The van der Waals surface area contributed by atoms with E-state index in [2.05, 4.69) is 5.32 Å². The molecule has 0 saturated carbocycles. The summed E-state index contributed by atoms with van der Waals surface area (Å²) in [6, 6.07) is 13.6. The van der Waals surface area contributed by atoms with Gasteiger partial charge in [0.25, 0.3) is 5.91 Å². The van der Waals surface area contributed by atoms with Crippen LogP contribution in [0.5, 0.6) is 0 Å². The van der Waals surface area contributed by atoms with E-state index in [0.717, 1.165) is 48.7 Å². The highest BCUT2D eigenvalue weighted by molar-refractivity contribution is 7.17. The first kappa shape index (κ1) is 23.4. The maximum atomic E-state index is 13.3. The molecule has 5 nitrogen and oxygen atoms in total. The molecular weight excluding hydrogens is 429 g/mol. The number of hydrogen-bond acceptors (Lipinski definition) is 5. The van der Waals surface area contributed by atoms with Crippen LogP contribution in [-0.4, -0.2) is 42.5 Å². The average molecular weight is 454 g/mol. The lowest BCUT2D eigenvalue weighted by Gasteiger charge is -2.31. The second-order valence-electron chi connectivity index (χ2n) is 6.83. The number of amides is 1. The molecular formula is C21H25Cl2N3O2S. The number of rotatable bonds is 5. The van der Waals surface area contributed by atoms with Gasteiger partial charge in [-0.3, -0.25) is 4.79 Å². The Balaban J connectivity index is 0.00000150. The van der Waals surface area contributed by atoms with Crippen LogP contribution < -0.4 is 5.32 Å². The highest BCUT2D eigenvalue weighted by Crippen LogP contribution is 2.35. The van der Waals surface area contributed by atoms with Crippen LogP contribution in [0.4, 0.5) is 0 Å². The normalized spacial score (nSPS) is 14.2. The largest absolute Gasteiger partial charge is 0.462 e. The highest BCUT2D eigenvalue weighted by atomic mass is 35.5. The van der Waals surface area contributed by atoms with Crippen LogP contribution >= 0.6 is 36.2 Å². The topological polar surface area (TPSA) is 58.4 Å². The van der Waals surface area contributed by atoms with Crippen molar-refractivity contribution in [3.8, 4) is 22.0 Å². The van der Waals surface area contributed by atoms with Crippen molar-refractivity contribution < 1.29 is 9.21 Å². The minimum atomic E-state index is 0. The number of likely N-dealkylation sites (tertiary alicyclic amines) is 1. The fourth-order valence-corrected chi connectivity index (χ4v) is 4.56. The summed E-state index contributed by atoms with van der Waals surface area (Å²) in [6.45, 7) is 2.61. The first-order valence-electron chi connectivity index (χ1n) is 9.30. The summed E-state index contributed by atoms with van der Waals surface area (Å²) in [5.74, 6) is 1.42. The SMILES string of the molecule is CNCC1CCN(C(=O)c2sc(-c3ccco3)nc2-c2ccccc2)CC1.Cl.Cl. The number of carbonyl (C=O) groups is 1. The van der Waals surface area contributed by atoms with E-state index in [9.17, 15) is 4.79 Å². The number of furan rings is 1. The molecule has 1 amide bonds. The van der Waals surface area contributed by atoms with E-state index in [4.69, 9.17) is 9.40 Å². The molecule has 3 aromatic rings. The van der Waals surface area contributed by atoms with Crippen molar-refractivity contribution in [2.75, 3.05) is 26.7 Å². The Labute approximate surface area is 187 Å². The first-order chi connectivity index (χ1) is 13.3. The van der Waals surface area contributed by atoms with Crippen LogP contribution in [0.2, 0.25) is 0 Å². The quantitative estimate of drug-likeness (QED) is 0.591. The maximum Gasteiger partial charge on any atom is 0.266 e. The van der Waals surface area contributed by atoms with Crippen molar-refractivity contribution in [1.82, 2.24) is 15.2 Å². The Morgan fingerprint density at radius 3 is 2.52 bits per heavy atom. The predicted octanol–water partition coefficient (Wildman–Crippen LogP) is 4.99. The Morgan fingerprint density at radius 2 is 1.90 bits per heavy atom. The number of halogens is 2. The Kier molecular flexibility index (Phi) is 8.71. The molecule has 0 atom stereocenters. The minimum absolute atomic E-state index is 0. The molecule has 0 aliphatic carbocycles. The molecule has 156 valence electrons. The van der Waals surface area contributed by atoms with E-state index in [-0.39, 0.29) is 30.7 Å². The average Bonchev–Trinajstić information content (AvgIpc) is 3.39. The first-order valence-corrected chi connectivity index (χ1v) is 10.1. The lowest BCUT2D eigenvalue weighted by atomic mass is 9.96. The van der Waals surface area contributed by atoms with Crippen LogP contribution in [0.3, 0.4) is 0 Å². The van der Waals surface area contributed by atoms with Gasteiger partial charge >= 0.3 is 0 Å². The van der Waals surface area contributed by atoms with Gasteiger partial charge in [-0.1, -0.05) is 30.3 Å². The van der Waals surface area contributed by atoms with E-state index >= 15 is 0 Å². The van der Waals surface area contributed by atoms with Crippen LogP contribution in [0.1, 0.15) is 22.5 Å². The van der Waals surface area contributed by atoms with Gasteiger partial charge in [0.2, 0.25) is 0 Å². The van der Waals surface area contributed by atoms with Gasteiger partial charge in [0, 0.05) is 18.7 Å². The minimum Gasteiger partial charge on any atom is -0.462 e. The number of nitrogens with one attached hydrogen (secondary N) is 1. The van der Waals surface area contributed by atoms with Gasteiger partial charge in [-0.25, -0.2) is 4.98 Å². The van der Waals surface area contributed by atoms with Crippen molar-refractivity contribution in [3.05, 3.63) is 53.6 Å². The zero-order valence-electron chi connectivity index (χ0n) is 16.2. The molecule has 0 unspecified atom stereocenters. The lowest BCUT2D eigenvalue weighted by Crippen LogP contribution is -2.40. The molecule has 1 saturated heterocycles. The number of carbonyl (C=O) groups excluding carboxylic acids is 1. The highest BCUT2D eigenvalue weighted by Gasteiger charge is 2.28. The number of hydrogen-bond donors (Lipinski definition) is 1. The van der Waals surface area contributed by atoms with Crippen LogP contribution in [0, 0.1) is 5.92 Å². The van der Waals surface area contributed by atoms with Crippen LogP contribution in [0.15, 0.2) is 53.1 Å². The third-order valence-corrected chi connectivity index (χ3v) is 6.05. The number of nitrogens with zero attached hydrogens (tertiary/aromatic N) is 2. The van der Waals surface area contributed by atoms with E-state index in [1.807, 2.05) is 54.4 Å². The van der Waals surface area contributed by atoms with Gasteiger partial charge in [0.15, 0.2) is 10.8 Å². The Hall–Kier alpha value is -1.86. The van der Waals surface area contributed by atoms with Crippen LogP contribution in [-0.2, 0) is 0 Å². The third kappa shape index (κ3) is 5.20. The van der Waals surface area contributed by atoms with Gasteiger partial charge in [-0.15, -0.1) is 36.2 Å². The van der Waals surface area contributed by atoms with Gasteiger partial charge < -0.3 is 14.6 Å². The van der Waals surface area contributed by atoms with Gasteiger partial charge in [-0.05, 0) is 44.5 Å². The van der Waals surface area contributed by atoms with Crippen molar-refractivity contribution in [3.63, 3.8) is 0 Å². The Bertz CT molecular complexity index is 892. The zero-order chi connectivity index (χ0) is 18.6. The number of benzene rings is 1. The molecule has 1 aromatic carbocycles. The maximum absolute atomic E-state index is 13.3. The standard InChI is InChI=1S/C21H23N3O2S.2ClH/c1-22-14-15-9-11-24(12-10-15)21(25)19-18(16-6-3-2-4-7-16)23-20(27-19)17-8-5-13-26-17;;/h2-8,13,15,22H,9-12,14H2,1H3;2*1H. The molecule has 2 aromatic heterocycles. The van der Waals surface area contributed by atoms with E-state index in [0.29, 0.717) is 16.6 Å². The van der Waals surface area contributed by atoms with Gasteiger partial charge in [0.05, 0.1) is 12.0 Å². The molecule has 1 aliphatic rings. The summed E-state index contributed by atoms with van der Waals surface area (Å²) in [4.78, 5) is 20.7. The van der Waals surface area contributed by atoms with Crippen LogP contribution in [0.25, 0.3) is 22.0 Å². The predicted molar refractivity (Wildman–Crippen MR) is 122 cm³/mol. The van der Waals surface area contributed by atoms with Crippen molar-refractivity contribution in [2.45, 2.75) is 12.8 Å². The fraction of sp³-hybridized carbons (Fsp3) is 0.333. The monoisotopic (exact) mass is 453 g/mol. The number of piperidine rings is 1. The van der Waals surface area contributed by atoms with E-state index < -0.39 is 0 Å². The molecule has 1 N–H and O–H groups in total. The summed E-state index contributed by atoms with van der Waals surface area (Å²) in [7, 11) is 1.98. The Morgan fingerprint density at radius 1 is 1.17 bits per heavy atom. The second kappa shape index (κ2) is 10.8. The summed E-state index contributed by atoms with van der Waals surface area (Å²) in [5, 5.41) is 3.98. The van der Waals surface area contributed by atoms with E-state index in [1.54, 1.807) is 6.26 Å². The lowest BCUT2D eigenvalue weighted by molar-refractivity contribution is 0.0696. The van der Waals surface area contributed by atoms with E-state index in [1.165, 1.54) is 11.3 Å². The second-order valence-corrected chi connectivity index (χ2v) is 7.83. The zero-order valence-corrected chi connectivity index (χ0v) is 18.6. The summed E-state index contributed by atoms with van der Waals surface area (Å²) in [5.41, 5.74) is 1.70. The summed E-state index contributed by atoms with van der Waals surface area (Å²) < 4.78 is 5.51. The number of thiazole rings is 1. The smallest absolute Gasteiger partial charge is 0.266 e. The molecule has 8 heteroatoms. The van der Waals surface area contributed by atoms with Gasteiger partial charge in [-0.2, -0.15) is 0 Å². The number of aromatic nitrogens is 1. The molecule has 1 fully saturated rings. The molecule has 29 heavy (non-hydrogen) atoms. The summed E-state index contributed by atoms with van der Waals surface area (Å²) >= 11 is 1.42. The van der Waals surface area contributed by atoms with Crippen molar-refractivity contribution >= 4 is 42.1 Å². The molecule has 3 heterocycles. The molecule has 0 radical (unpaired) electrons. The molecule has 0 bridgehead atoms. The van der Waals surface area contributed by atoms with Gasteiger partial charge in [0.1, 0.15) is 4.88 Å². The fourth-order valence-electron chi connectivity index (χ4n) is 3.53. The third-order valence-electron chi connectivity index (χ3n) is 5.00. The molecule has 1 aliphatic heterocycles. The molecule has 0 spiro atoms. The van der Waals surface area contributed by atoms with Crippen molar-refractivity contribution in [1.29, 1.82) is 0 Å². The molecule has 4 rings (SSSR count).